The summed E-state index contributed by atoms with van der Waals surface area (Å²) in [7, 11) is 1.99. The zero-order valence-corrected chi connectivity index (χ0v) is 13.5. The summed E-state index contributed by atoms with van der Waals surface area (Å²) in [5, 5.41) is 2.93. The molecule has 2 aromatic rings. The van der Waals surface area contributed by atoms with Crippen LogP contribution in [0.1, 0.15) is 18.8 Å². The van der Waals surface area contributed by atoms with E-state index in [4.69, 9.17) is 0 Å². The van der Waals surface area contributed by atoms with Crippen LogP contribution in [0.25, 0.3) is 0 Å². The number of aromatic nitrogens is 3. The average molecular weight is 314 g/mol. The average Bonchev–Trinajstić information content (AvgIpc) is 3.01. The standard InChI is InChI=1S/C16H22N6O/c1-3-21-10-11-22(12-14(21)15-18-8-9-20(15)2)16(23)19-13-4-6-17-7-5-13/h4-9,14H,3,10-12H2,1-2H3,(H,17,19,23)/t14-/m0/s1. The lowest BCUT2D eigenvalue weighted by Crippen LogP contribution is -2.52. The van der Waals surface area contributed by atoms with E-state index in [2.05, 4.69) is 27.1 Å². The van der Waals surface area contributed by atoms with Crippen molar-refractivity contribution in [2.75, 3.05) is 31.5 Å². The molecule has 0 aromatic carbocycles. The monoisotopic (exact) mass is 314 g/mol. The second-order valence-electron chi connectivity index (χ2n) is 5.65. The number of likely N-dealkylation sites (N-methyl/N-ethyl adjacent to an activating group) is 1. The zero-order valence-electron chi connectivity index (χ0n) is 13.5. The zero-order chi connectivity index (χ0) is 16.2. The Kier molecular flexibility index (Phi) is 4.57. The molecule has 1 N–H and O–H groups in total. The van der Waals surface area contributed by atoms with Gasteiger partial charge in [0.05, 0.1) is 6.04 Å². The smallest absolute Gasteiger partial charge is 0.321 e. The van der Waals surface area contributed by atoms with Crippen molar-refractivity contribution in [3.63, 3.8) is 0 Å². The SMILES string of the molecule is CCN1CCN(C(=O)Nc2ccncc2)C[C@H]1c1nccn1C. The summed E-state index contributed by atoms with van der Waals surface area (Å²) in [6, 6.07) is 3.62. The number of urea groups is 1. The van der Waals surface area contributed by atoms with E-state index in [-0.39, 0.29) is 12.1 Å². The van der Waals surface area contributed by atoms with Crippen molar-refractivity contribution in [1.82, 2.24) is 24.3 Å². The second-order valence-corrected chi connectivity index (χ2v) is 5.65. The predicted octanol–water partition coefficient (Wildman–Crippen LogP) is 1.73. The van der Waals surface area contributed by atoms with Crippen molar-refractivity contribution >= 4 is 11.7 Å². The van der Waals surface area contributed by atoms with Crippen LogP contribution >= 0.6 is 0 Å². The van der Waals surface area contributed by atoms with Crippen LogP contribution in [0.3, 0.4) is 0 Å². The molecule has 1 aliphatic rings. The Morgan fingerprint density at radius 3 is 2.74 bits per heavy atom. The molecule has 23 heavy (non-hydrogen) atoms. The lowest BCUT2D eigenvalue weighted by atomic mass is 10.1. The highest BCUT2D eigenvalue weighted by Gasteiger charge is 2.31. The third-order valence-electron chi connectivity index (χ3n) is 4.27. The molecule has 0 spiro atoms. The fraction of sp³-hybridized carbons (Fsp3) is 0.438. The maximum atomic E-state index is 12.5. The number of hydrogen-bond acceptors (Lipinski definition) is 4. The molecular weight excluding hydrogens is 292 g/mol. The molecule has 122 valence electrons. The summed E-state index contributed by atoms with van der Waals surface area (Å²) in [5.74, 6) is 0.994. The summed E-state index contributed by atoms with van der Waals surface area (Å²) in [6.45, 7) is 5.28. The van der Waals surface area contributed by atoms with Gasteiger partial charge in [-0.3, -0.25) is 9.88 Å². The van der Waals surface area contributed by atoms with E-state index < -0.39 is 0 Å². The molecule has 2 aromatic heterocycles. The van der Waals surface area contributed by atoms with Gasteiger partial charge in [0, 0.05) is 57.2 Å². The summed E-state index contributed by atoms with van der Waals surface area (Å²) in [5.41, 5.74) is 0.761. The number of nitrogens with one attached hydrogen (secondary N) is 1. The van der Waals surface area contributed by atoms with Crippen molar-refractivity contribution in [2.45, 2.75) is 13.0 Å². The third kappa shape index (κ3) is 3.34. The van der Waals surface area contributed by atoms with Crippen molar-refractivity contribution in [1.29, 1.82) is 0 Å². The highest BCUT2D eigenvalue weighted by atomic mass is 16.2. The Labute approximate surface area is 135 Å². The second kappa shape index (κ2) is 6.78. The van der Waals surface area contributed by atoms with Gasteiger partial charge < -0.3 is 14.8 Å². The van der Waals surface area contributed by atoms with Crippen molar-refractivity contribution in [3.8, 4) is 0 Å². The number of aryl methyl sites for hydroxylation is 1. The van der Waals surface area contributed by atoms with Crippen LogP contribution in [0.4, 0.5) is 10.5 Å². The number of hydrogen-bond donors (Lipinski definition) is 1. The first kappa shape index (κ1) is 15.5. The number of anilines is 1. The maximum absolute atomic E-state index is 12.5. The molecule has 3 heterocycles. The molecule has 7 nitrogen and oxygen atoms in total. The molecule has 7 heteroatoms. The van der Waals surface area contributed by atoms with Gasteiger partial charge in [-0.1, -0.05) is 6.92 Å². The number of imidazole rings is 1. The van der Waals surface area contributed by atoms with Gasteiger partial charge in [-0.15, -0.1) is 0 Å². The van der Waals surface area contributed by atoms with E-state index >= 15 is 0 Å². The minimum atomic E-state index is -0.0776. The van der Waals surface area contributed by atoms with Gasteiger partial charge in [-0.2, -0.15) is 0 Å². The molecule has 1 aliphatic heterocycles. The summed E-state index contributed by atoms with van der Waals surface area (Å²) < 4.78 is 2.03. The van der Waals surface area contributed by atoms with Crippen LogP contribution in [-0.4, -0.2) is 56.5 Å². The van der Waals surface area contributed by atoms with Crippen LogP contribution < -0.4 is 5.32 Å². The predicted molar refractivity (Wildman–Crippen MR) is 88.0 cm³/mol. The number of nitrogens with zero attached hydrogens (tertiary/aromatic N) is 5. The van der Waals surface area contributed by atoms with Gasteiger partial charge >= 0.3 is 6.03 Å². The minimum Gasteiger partial charge on any atom is -0.337 e. The molecule has 3 rings (SSSR count). The fourth-order valence-corrected chi connectivity index (χ4v) is 2.96. The lowest BCUT2D eigenvalue weighted by Gasteiger charge is -2.40. The van der Waals surface area contributed by atoms with Gasteiger partial charge in [0.1, 0.15) is 5.82 Å². The van der Waals surface area contributed by atoms with E-state index in [0.717, 1.165) is 24.6 Å². The summed E-state index contributed by atoms with van der Waals surface area (Å²) in [4.78, 5) is 25.2. The molecule has 0 radical (unpaired) electrons. The Balaban J connectivity index is 1.72. The lowest BCUT2D eigenvalue weighted by molar-refractivity contribution is 0.0927. The molecule has 2 amide bonds. The number of carbonyl (C=O) groups excluding carboxylic acids is 1. The van der Waals surface area contributed by atoms with Crippen LogP contribution in [0.15, 0.2) is 36.9 Å². The first-order valence-electron chi connectivity index (χ1n) is 7.86. The van der Waals surface area contributed by atoms with Crippen molar-refractivity contribution in [3.05, 3.63) is 42.7 Å². The molecular formula is C16H22N6O. The quantitative estimate of drug-likeness (QED) is 0.937. The summed E-state index contributed by atoms with van der Waals surface area (Å²) in [6.07, 6.45) is 7.08. The van der Waals surface area contributed by atoms with Gasteiger partial charge in [-0.25, -0.2) is 9.78 Å². The minimum absolute atomic E-state index is 0.0776. The number of carbonyl (C=O) groups is 1. The molecule has 1 fully saturated rings. The first-order chi connectivity index (χ1) is 11.2. The van der Waals surface area contributed by atoms with E-state index in [0.29, 0.717) is 13.1 Å². The first-order valence-corrected chi connectivity index (χ1v) is 7.86. The summed E-state index contributed by atoms with van der Waals surface area (Å²) >= 11 is 0. The maximum Gasteiger partial charge on any atom is 0.321 e. The van der Waals surface area contributed by atoms with E-state index in [1.807, 2.05) is 22.7 Å². The van der Waals surface area contributed by atoms with Crippen molar-refractivity contribution < 1.29 is 4.79 Å². The fourth-order valence-electron chi connectivity index (χ4n) is 2.96. The molecule has 0 aliphatic carbocycles. The van der Waals surface area contributed by atoms with Crippen LogP contribution in [0.5, 0.6) is 0 Å². The molecule has 1 saturated heterocycles. The Morgan fingerprint density at radius 2 is 2.09 bits per heavy atom. The Hall–Kier alpha value is -2.41. The number of amides is 2. The van der Waals surface area contributed by atoms with Crippen LogP contribution in [-0.2, 0) is 7.05 Å². The number of rotatable bonds is 3. The van der Waals surface area contributed by atoms with Gasteiger partial charge in [0.2, 0.25) is 0 Å². The number of pyridine rings is 1. The van der Waals surface area contributed by atoms with Gasteiger partial charge in [0.25, 0.3) is 0 Å². The van der Waals surface area contributed by atoms with Crippen molar-refractivity contribution in [2.24, 2.45) is 7.05 Å². The number of piperazine rings is 1. The molecule has 0 bridgehead atoms. The third-order valence-corrected chi connectivity index (χ3v) is 4.27. The van der Waals surface area contributed by atoms with Crippen LogP contribution in [0.2, 0.25) is 0 Å². The van der Waals surface area contributed by atoms with Crippen LogP contribution in [0, 0.1) is 0 Å². The highest BCUT2D eigenvalue weighted by molar-refractivity contribution is 5.89. The van der Waals surface area contributed by atoms with Gasteiger partial charge in [0.15, 0.2) is 0 Å². The van der Waals surface area contributed by atoms with E-state index in [9.17, 15) is 4.79 Å². The molecule has 1 atom stereocenters. The Morgan fingerprint density at radius 1 is 1.30 bits per heavy atom. The molecule has 0 unspecified atom stereocenters. The largest absolute Gasteiger partial charge is 0.337 e. The van der Waals surface area contributed by atoms with Gasteiger partial charge in [-0.05, 0) is 18.7 Å². The highest BCUT2D eigenvalue weighted by Crippen LogP contribution is 2.24. The normalized spacial score (nSPS) is 18.9. The van der Waals surface area contributed by atoms with E-state index in [1.54, 1.807) is 30.7 Å². The topological polar surface area (TPSA) is 66.3 Å². The van der Waals surface area contributed by atoms with E-state index in [1.165, 1.54) is 0 Å². The Bertz CT molecular complexity index is 656. The molecule has 0 saturated carbocycles.